The largest absolute Gasteiger partial charge is 0.497 e. The molecule has 152 valence electrons. The van der Waals surface area contributed by atoms with Crippen molar-refractivity contribution in [3.63, 3.8) is 0 Å². The molecule has 0 radical (unpaired) electrons. The summed E-state index contributed by atoms with van der Waals surface area (Å²) in [6.07, 6.45) is 3.67. The Morgan fingerprint density at radius 3 is 2.45 bits per heavy atom. The van der Waals surface area contributed by atoms with Gasteiger partial charge in [-0.1, -0.05) is 36.4 Å². The van der Waals surface area contributed by atoms with E-state index >= 15 is 0 Å². The Kier molecular flexibility index (Phi) is 5.84. The molecule has 1 N–H and O–H groups in total. The first-order chi connectivity index (χ1) is 14.1. The van der Waals surface area contributed by atoms with Crippen LogP contribution >= 0.6 is 0 Å². The van der Waals surface area contributed by atoms with Crippen LogP contribution in [0.3, 0.4) is 0 Å². The van der Waals surface area contributed by atoms with Gasteiger partial charge in [-0.3, -0.25) is 9.59 Å². The van der Waals surface area contributed by atoms with E-state index in [1.165, 1.54) is 11.1 Å². The quantitative estimate of drug-likeness (QED) is 0.822. The highest BCUT2D eigenvalue weighted by Crippen LogP contribution is 2.23. The molecule has 0 unspecified atom stereocenters. The van der Waals surface area contributed by atoms with E-state index in [-0.39, 0.29) is 23.8 Å². The highest BCUT2D eigenvalue weighted by Gasteiger charge is 2.32. The molecular formula is C24H28N2O3. The van der Waals surface area contributed by atoms with Gasteiger partial charge in [-0.25, -0.2) is 0 Å². The molecule has 0 spiro atoms. The minimum absolute atomic E-state index is 0.0877. The van der Waals surface area contributed by atoms with E-state index in [9.17, 15) is 9.59 Å². The Morgan fingerprint density at radius 2 is 1.79 bits per heavy atom. The van der Waals surface area contributed by atoms with Gasteiger partial charge in [0.05, 0.1) is 13.0 Å². The van der Waals surface area contributed by atoms with E-state index < -0.39 is 0 Å². The number of fused-ring (bicyclic) bond motifs is 1. The number of amides is 2. The average molecular weight is 392 g/mol. The van der Waals surface area contributed by atoms with E-state index in [0.29, 0.717) is 25.9 Å². The van der Waals surface area contributed by atoms with Crippen molar-refractivity contribution < 1.29 is 14.3 Å². The summed E-state index contributed by atoms with van der Waals surface area (Å²) in [7, 11) is 1.65. The number of hydrogen-bond acceptors (Lipinski definition) is 3. The zero-order valence-electron chi connectivity index (χ0n) is 16.9. The predicted molar refractivity (Wildman–Crippen MR) is 112 cm³/mol. The second-order valence-corrected chi connectivity index (χ2v) is 8.06. The monoisotopic (exact) mass is 392 g/mol. The molecule has 29 heavy (non-hydrogen) atoms. The van der Waals surface area contributed by atoms with Crippen LogP contribution in [-0.4, -0.2) is 43.0 Å². The van der Waals surface area contributed by atoms with Gasteiger partial charge >= 0.3 is 0 Å². The van der Waals surface area contributed by atoms with Gasteiger partial charge in [0.1, 0.15) is 5.75 Å². The molecular weight excluding hydrogens is 364 g/mol. The molecule has 0 aromatic heterocycles. The lowest BCUT2D eigenvalue weighted by molar-refractivity contribution is -0.138. The second kappa shape index (κ2) is 8.68. The standard InChI is InChI=1S/C24H28N2O3/c1-29-22-9-6-17(7-10-22)12-13-26-16-20(8-11-23(26)27)24(28)25-21-14-18-4-2-3-5-19(18)15-21/h2-7,9-10,20-21H,8,11-16H2,1H3,(H,25,28)/t20-/m0/s1. The third-order valence-electron chi connectivity index (χ3n) is 6.10. The number of hydrogen-bond donors (Lipinski definition) is 1. The summed E-state index contributed by atoms with van der Waals surface area (Å²) in [6, 6.07) is 16.5. The van der Waals surface area contributed by atoms with Gasteiger partial charge in [0.25, 0.3) is 0 Å². The fourth-order valence-electron chi connectivity index (χ4n) is 4.38. The molecule has 4 rings (SSSR count). The number of methoxy groups -OCH3 is 1. The normalized spacial score (nSPS) is 19.1. The summed E-state index contributed by atoms with van der Waals surface area (Å²) < 4.78 is 5.19. The predicted octanol–water partition coefficient (Wildman–Crippen LogP) is 2.76. The summed E-state index contributed by atoms with van der Waals surface area (Å²) >= 11 is 0. The lowest BCUT2D eigenvalue weighted by atomic mass is 9.95. The van der Waals surface area contributed by atoms with Gasteiger partial charge in [0.15, 0.2) is 0 Å². The molecule has 0 saturated carbocycles. The first kappa shape index (κ1) is 19.5. The Morgan fingerprint density at radius 1 is 1.10 bits per heavy atom. The Balaban J connectivity index is 1.30. The van der Waals surface area contributed by atoms with Crippen LogP contribution in [0.5, 0.6) is 5.75 Å². The van der Waals surface area contributed by atoms with E-state index in [0.717, 1.165) is 30.6 Å². The van der Waals surface area contributed by atoms with E-state index in [1.54, 1.807) is 7.11 Å². The fourth-order valence-corrected chi connectivity index (χ4v) is 4.38. The van der Waals surface area contributed by atoms with Crippen molar-refractivity contribution in [1.29, 1.82) is 0 Å². The minimum Gasteiger partial charge on any atom is -0.497 e. The zero-order chi connectivity index (χ0) is 20.2. The molecule has 1 saturated heterocycles. The molecule has 2 aromatic rings. The van der Waals surface area contributed by atoms with Crippen molar-refractivity contribution in [2.45, 2.75) is 38.1 Å². The molecule has 0 bridgehead atoms. The number of nitrogens with zero attached hydrogens (tertiary/aromatic N) is 1. The van der Waals surface area contributed by atoms with Gasteiger partial charge in [-0.15, -0.1) is 0 Å². The van der Waals surface area contributed by atoms with Gasteiger partial charge in [-0.2, -0.15) is 0 Å². The van der Waals surface area contributed by atoms with Gasteiger partial charge < -0.3 is 15.0 Å². The molecule has 2 amide bonds. The van der Waals surface area contributed by atoms with Crippen LogP contribution in [-0.2, 0) is 28.9 Å². The van der Waals surface area contributed by atoms with Crippen molar-refractivity contribution in [1.82, 2.24) is 10.2 Å². The molecule has 1 fully saturated rings. The highest BCUT2D eigenvalue weighted by atomic mass is 16.5. The van der Waals surface area contributed by atoms with Crippen LogP contribution in [0.25, 0.3) is 0 Å². The Hall–Kier alpha value is -2.82. The molecule has 1 atom stereocenters. The zero-order valence-corrected chi connectivity index (χ0v) is 16.9. The number of benzene rings is 2. The summed E-state index contributed by atoms with van der Waals surface area (Å²) in [4.78, 5) is 27.0. The molecule has 1 heterocycles. The van der Waals surface area contributed by atoms with E-state index in [2.05, 4.69) is 29.6 Å². The molecule has 5 nitrogen and oxygen atoms in total. The number of carbonyl (C=O) groups is 2. The van der Waals surface area contributed by atoms with Crippen molar-refractivity contribution in [2.75, 3.05) is 20.2 Å². The topological polar surface area (TPSA) is 58.6 Å². The average Bonchev–Trinajstić information content (AvgIpc) is 3.15. The van der Waals surface area contributed by atoms with Crippen molar-refractivity contribution in [2.24, 2.45) is 5.92 Å². The Labute approximate surface area is 172 Å². The summed E-state index contributed by atoms with van der Waals surface area (Å²) in [5.74, 6) is 0.946. The van der Waals surface area contributed by atoms with E-state index in [1.807, 2.05) is 29.2 Å². The third kappa shape index (κ3) is 4.61. The Bertz CT molecular complexity index is 853. The highest BCUT2D eigenvalue weighted by molar-refractivity contribution is 5.84. The lowest BCUT2D eigenvalue weighted by Crippen LogP contribution is -2.48. The molecule has 1 aliphatic heterocycles. The van der Waals surface area contributed by atoms with Crippen LogP contribution in [0, 0.1) is 5.92 Å². The molecule has 2 aliphatic rings. The number of piperidine rings is 1. The van der Waals surface area contributed by atoms with E-state index in [4.69, 9.17) is 4.74 Å². The number of ether oxygens (including phenoxy) is 1. The second-order valence-electron chi connectivity index (χ2n) is 8.06. The van der Waals surface area contributed by atoms with Crippen LogP contribution in [0.1, 0.15) is 29.5 Å². The lowest BCUT2D eigenvalue weighted by Gasteiger charge is -2.32. The number of rotatable bonds is 6. The van der Waals surface area contributed by atoms with Crippen molar-refractivity contribution in [3.05, 3.63) is 65.2 Å². The van der Waals surface area contributed by atoms with Gasteiger partial charge in [0, 0.05) is 25.6 Å². The number of likely N-dealkylation sites (tertiary alicyclic amines) is 1. The molecule has 2 aromatic carbocycles. The van der Waals surface area contributed by atoms with Crippen LogP contribution < -0.4 is 10.1 Å². The van der Waals surface area contributed by atoms with Crippen LogP contribution in [0.15, 0.2) is 48.5 Å². The summed E-state index contributed by atoms with van der Waals surface area (Å²) in [6.45, 7) is 1.16. The van der Waals surface area contributed by atoms with Crippen molar-refractivity contribution in [3.8, 4) is 5.75 Å². The fraction of sp³-hybridized carbons (Fsp3) is 0.417. The summed E-state index contributed by atoms with van der Waals surface area (Å²) in [5, 5.41) is 3.23. The maximum Gasteiger partial charge on any atom is 0.225 e. The molecule has 5 heteroatoms. The maximum atomic E-state index is 12.8. The van der Waals surface area contributed by atoms with Crippen LogP contribution in [0.2, 0.25) is 0 Å². The van der Waals surface area contributed by atoms with Gasteiger partial charge in [0.2, 0.25) is 11.8 Å². The molecule has 1 aliphatic carbocycles. The first-order valence-corrected chi connectivity index (χ1v) is 10.4. The summed E-state index contributed by atoms with van der Waals surface area (Å²) in [5.41, 5.74) is 3.82. The minimum atomic E-state index is -0.118. The first-order valence-electron chi connectivity index (χ1n) is 10.4. The van der Waals surface area contributed by atoms with Gasteiger partial charge in [-0.05, 0) is 54.5 Å². The number of nitrogens with one attached hydrogen (secondary N) is 1. The number of carbonyl (C=O) groups excluding carboxylic acids is 2. The van der Waals surface area contributed by atoms with Crippen molar-refractivity contribution >= 4 is 11.8 Å². The smallest absolute Gasteiger partial charge is 0.225 e. The SMILES string of the molecule is COc1ccc(CCN2C[C@@H](C(=O)NC3Cc4ccccc4C3)CCC2=O)cc1. The maximum absolute atomic E-state index is 12.8. The third-order valence-corrected chi connectivity index (χ3v) is 6.10. The van der Waals surface area contributed by atoms with Crippen LogP contribution in [0.4, 0.5) is 0 Å².